The lowest BCUT2D eigenvalue weighted by atomic mass is 10.5. The van der Waals surface area contributed by atoms with Crippen LogP contribution in [0.15, 0.2) is 16.2 Å². The van der Waals surface area contributed by atoms with Gasteiger partial charge in [-0.25, -0.2) is 4.99 Å². The second-order valence-electron chi connectivity index (χ2n) is 0.897. The van der Waals surface area contributed by atoms with Crippen molar-refractivity contribution >= 4 is 17.6 Å². The van der Waals surface area contributed by atoms with Crippen LogP contribution in [0.1, 0.15) is 0 Å². The van der Waals surface area contributed by atoms with Gasteiger partial charge in [0, 0.05) is 0 Å². The first-order chi connectivity index (χ1) is 2.80. The predicted molar refractivity (Wildman–Crippen MR) is 22.5 cm³/mol. The average molecular weight is 105 g/mol. The molecule has 1 aliphatic heterocycles. The molecule has 0 atom stereocenters. The summed E-state index contributed by atoms with van der Waals surface area (Å²) in [5.74, 6) is -0.559. The molecule has 0 unspecified atom stereocenters. The van der Waals surface area contributed by atoms with Gasteiger partial charge in [0.1, 0.15) is 5.03 Å². The zero-order valence-electron chi connectivity index (χ0n) is 2.78. The highest BCUT2D eigenvalue weighted by Crippen LogP contribution is 2.13. The molecule has 0 aromatic rings. The van der Waals surface area contributed by atoms with E-state index >= 15 is 0 Å². The maximum Gasteiger partial charge on any atom is 0.233 e. The molecule has 0 fully saturated rings. The number of aliphatic imine (C=N–C) groups is 1. The molecule has 0 saturated heterocycles. The van der Waals surface area contributed by atoms with Gasteiger partial charge in [-0.15, -0.1) is 0 Å². The van der Waals surface area contributed by atoms with Crippen molar-refractivity contribution in [3.8, 4) is 0 Å². The van der Waals surface area contributed by atoms with Gasteiger partial charge in [-0.2, -0.15) is 4.39 Å². The van der Waals surface area contributed by atoms with E-state index in [1.807, 2.05) is 0 Å². The van der Waals surface area contributed by atoms with E-state index in [4.69, 9.17) is 11.6 Å². The van der Waals surface area contributed by atoms with Crippen LogP contribution in [0.25, 0.3) is 0 Å². The van der Waals surface area contributed by atoms with Gasteiger partial charge in [0.05, 0.1) is 6.20 Å². The van der Waals surface area contributed by atoms with Gasteiger partial charge in [0.2, 0.25) is 5.97 Å². The van der Waals surface area contributed by atoms with E-state index in [2.05, 4.69) is 4.99 Å². The first-order valence-electron chi connectivity index (χ1n) is 1.40. The van der Waals surface area contributed by atoms with E-state index in [9.17, 15) is 4.39 Å². The van der Waals surface area contributed by atoms with E-state index in [1.165, 1.54) is 6.20 Å². The van der Waals surface area contributed by atoms with E-state index in [0.717, 1.165) is 0 Å². The normalized spacial score (nSPS) is 18.3. The fourth-order valence-electron chi connectivity index (χ4n) is 0.162. The highest BCUT2D eigenvalue weighted by atomic mass is 35.5. The molecule has 6 heavy (non-hydrogen) atoms. The van der Waals surface area contributed by atoms with E-state index in [0.29, 0.717) is 0 Å². The standard InChI is InChI=1S/C3HClFN/c4-2-1-6-3(2)5/h1H. The van der Waals surface area contributed by atoms with Crippen molar-refractivity contribution in [3.05, 3.63) is 11.2 Å². The van der Waals surface area contributed by atoms with E-state index in [-0.39, 0.29) is 5.03 Å². The number of nitrogens with zero attached hydrogens (tertiary/aromatic N) is 1. The Balaban J connectivity index is 2.63. The van der Waals surface area contributed by atoms with Crippen molar-refractivity contribution in [2.45, 2.75) is 0 Å². The highest BCUT2D eigenvalue weighted by Gasteiger charge is 2.07. The fourth-order valence-corrected chi connectivity index (χ4v) is 0.260. The fraction of sp³-hybridized carbons (Fsp3) is 0. The van der Waals surface area contributed by atoms with Gasteiger partial charge >= 0.3 is 0 Å². The Labute approximate surface area is 39.1 Å². The predicted octanol–water partition coefficient (Wildman–Crippen LogP) is 1.45. The Morgan fingerprint density at radius 3 is 2.33 bits per heavy atom. The van der Waals surface area contributed by atoms with E-state index in [1.54, 1.807) is 0 Å². The smallest absolute Gasteiger partial charge is 0.225 e. The Hall–Kier alpha value is -0.370. The lowest BCUT2D eigenvalue weighted by Crippen LogP contribution is -1.94. The van der Waals surface area contributed by atoms with Crippen molar-refractivity contribution in [2.75, 3.05) is 0 Å². The maximum absolute atomic E-state index is 11.5. The molecule has 0 bridgehead atoms. The van der Waals surface area contributed by atoms with Crippen molar-refractivity contribution in [3.63, 3.8) is 0 Å². The molecular formula is C3HClFN. The Morgan fingerprint density at radius 2 is 2.33 bits per heavy atom. The molecule has 0 aromatic carbocycles. The zero-order valence-corrected chi connectivity index (χ0v) is 3.54. The van der Waals surface area contributed by atoms with Crippen LogP contribution in [-0.2, 0) is 0 Å². The van der Waals surface area contributed by atoms with Crippen LogP contribution >= 0.6 is 11.6 Å². The Bertz CT molecular complexity index is 111. The Morgan fingerprint density at radius 1 is 1.83 bits per heavy atom. The molecule has 1 aliphatic rings. The molecule has 1 rings (SSSR count). The van der Waals surface area contributed by atoms with Crippen LogP contribution in [0.3, 0.4) is 0 Å². The molecule has 0 saturated carbocycles. The number of allylic oxidation sites excluding steroid dienone is 1. The van der Waals surface area contributed by atoms with Gasteiger partial charge in [-0.3, -0.25) is 0 Å². The molecule has 0 spiro atoms. The van der Waals surface area contributed by atoms with Crippen molar-refractivity contribution in [2.24, 2.45) is 4.99 Å². The summed E-state index contributed by atoms with van der Waals surface area (Å²) in [5.41, 5.74) is 0. The molecule has 0 radical (unpaired) electrons. The third kappa shape index (κ3) is 0.337. The molecule has 1 nitrogen and oxygen atoms in total. The monoisotopic (exact) mass is 105 g/mol. The average Bonchev–Trinajstić information content (AvgIpc) is 1.61. The summed E-state index contributed by atoms with van der Waals surface area (Å²) in [6.07, 6.45) is 1.26. The minimum atomic E-state index is -0.559. The van der Waals surface area contributed by atoms with Crippen LogP contribution < -0.4 is 0 Å². The number of hydrogen-bond donors (Lipinski definition) is 0. The molecule has 0 aliphatic carbocycles. The van der Waals surface area contributed by atoms with Gasteiger partial charge in [-0.1, -0.05) is 11.6 Å². The molecule has 1 heterocycles. The second-order valence-corrected chi connectivity index (χ2v) is 1.30. The Kier molecular flexibility index (Phi) is 0.665. The minimum absolute atomic E-state index is 0.120. The first-order valence-corrected chi connectivity index (χ1v) is 1.78. The third-order valence-corrected chi connectivity index (χ3v) is 0.742. The zero-order chi connectivity index (χ0) is 4.57. The summed E-state index contributed by atoms with van der Waals surface area (Å²) in [5, 5.41) is 0.120. The van der Waals surface area contributed by atoms with Crippen LogP contribution in [-0.4, -0.2) is 5.97 Å². The number of halogens is 2. The van der Waals surface area contributed by atoms with Crippen molar-refractivity contribution in [1.29, 1.82) is 0 Å². The summed E-state index contributed by atoms with van der Waals surface area (Å²) >= 11 is 5.05. The van der Waals surface area contributed by atoms with Gasteiger partial charge in [-0.05, 0) is 0 Å². The van der Waals surface area contributed by atoms with E-state index < -0.39 is 5.97 Å². The summed E-state index contributed by atoms with van der Waals surface area (Å²) < 4.78 is 11.5. The van der Waals surface area contributed by atoms with Gasteiger partial charge in [0.25, 0.3) is 0 Å². The van der Waals surface area contributed by atoms with Gasteiger partial charge in [0.15, 0.2) is 0 Å². The van der Waals surface area contributed by atoms with Crippen molar-refractivity contribution in [1.82, 2.24) is 0 Å². The SMILES string of the molecule is FC1=NC=C1Cl. The first kappa shape index (κ1) is 3.81. The number of hydrogen-bond acceptors (Lipinski definition) is 1. The molecule has 0 aromatic heterocycles. The molecule has 32 valence electrons. The molecule has 3 heteroatoms. The summed E-state index contributed by atoms with van der Waals surface area (Å²) in [6.45, 7) is 0. The van der Waals surface area contributed by atoms with Crippen LogP contribution in [0, 0.1) is 0 Å². The summed E-state index contributed by atoms with van der Waals surface area (Å²) in [4.78, 5) is 3.11. The quantitative estimate of drug-likeness (QED) is 0.442. The summed E-state index contributed by atoms with van der Waals surface area (Å²) in [7, 11) is 0. The summed E-state index contributed by atoms with van der Waals surface area (Å²) in [6, 6.07) is 0. The van der Waals surface area contributed by atoms with Crippen LogP contribution in [0.5, 0.6) is 0 Å². The lowest BCUT2D eigenvalue weighted by molar-refractivity contribution is 0.799. The topological polar surface area (TPSA) is 12.4 Å². The minimum Gasteiger partial charge on any atom is -0.225 e. The second kappa shape index (κ2) is 1.05. The lowest BCUT2D eigenvalue weighted by Gasteiger charge is -1.95. The molecule has 0 N–H and O–H groups in total. The van der Waals surface area contributed by atoms with Gasteiger partial charge < -0.3 is 0 Å². The maximum atomic E-state index is 11.5. The molecule has 0 amide bonds. The third-order valence-electron chi connectivity index (χ3n) is 0.488. The van der Waals surface area contributed by atoms with Crippen LogP contribution in [0.2, 0.25) is 0 Å². The highest BCUT2D eigenvalue weighted by molar-refractivity contribution is 6.43. The largest absolute Gasteiger partial charge is 0.233 e. The molecular weight excluding hydrogens is 104 g/mol. The number of rotatable bonds is 0. The van der Waals surface area contributed by atoms with Crippen molar-refractivity contribution < 1.29 is 4.39 Å². The van der Waals surface area contributed by atoms with Crippen LogP contribution in [0.4, 0.5) is 4.39 Å².